The number of ether oxygens (including phenoxy) is 1. The van der Waals surface area contributed by atoms with Crippen LogP contribution in [0.15, 0.2) is 29.2 Å². The van der Waals surface area contributed by atoms with E-state index < -0.39 is 26.8 Å². The Morgan fingerprint density at radius 1 is 1.16 bits per heavy atom. The topological polar surface area (TPSA) is 108 Å². The summed E-state index contributed by atoms with van der Waals surface area (Å²) in [4.78, 5) is 28.1. The summed E-state index contributed by atoms with van der Waals surface area (Å²) < 4.78 is 46.7. The number of hydrogen-bond acceptors (Lipinski definition) is 6. The Hall–Kier alpha value is -2.08. The first-order valence-corrected chi connectivity index (χ1v) is 12.2. The van der Waals surface area contributed by atoms with Crippen LogP contribution < -0.4 is 10.0 Å². The van der Waals surface area contributed by atoms with E-state index in [9.17, 15) is 22.4 Å². The van der Waals surface area contributed by atoms with Gasteiger partial charge in [-0.25, -0.2) is 12.8 Å². The maximum absolute atomic E-state index is 14.0. The lowest BCUT2D eigenvalue weighted by Gasteiger charge is -2.37. The van der Waals surface area contributed by atoms with E-state index in [1.54, 1.807) is 25.9 Å². The van der Waals surface area contributed by atoms with Crippen molar-refractivity contribution in [1.82, 2.24) is 19.8 Å². The monoisotopic (exact) mass is 472 g/mol. The molecule has 0 bridgehead atoms. The van der Waals surface area contributed by atoms with Crippen LogP contribution in [0.2, 0.25) is 0 Å². The zero-order valence-corrected chi connectivity index (χ0v) is 19.7. The number of nitrogens with one attached hydrogen (secondary N) is 2. The molecule has 1 heterocycles. The Morgan fingerprint density at radius 2 is 1.81 bits per heavy atom. The Balaban J connectivity index is 1.92. The second-order valence-electron chi connectivity index (χ2n) is 8.07. The number of benzene rings is 1. The van der Waals surface area contributed by atoms with Gasteiger partial charge in [0.25, 0.3) is 0 Å². The van der Waals surface area contributed by atoms with E-state index >= 15 is 0 Å². The standard InChI is InChI=1S/C21H33FN4O5S/c1-16(2)20(24-32(29,30)18-8-5-4-7-17(18)22)21(28)26-12-10-25(11-13-26)15-19(27)23-9-6-14-31-3/h4-5,7-8,16,20,24H,6,9-15H2,1-3H3,(H,23,27)/t20-/m0/s1. The molecule has 2 rings (SSSR count). The first-order chi connectivity index (χ1) is 15.2. The van der Waals surface area contributed by atoms with Crippen LogP contribution in [0.3, 0.4) is 0 Å². The lowest BCUT2D eigenvalue weighted by molar-refractivity contribution is -0.136. The van der Waals surface area contributed by atoms with Crippen LogP contribution in [0.4, 0.5) is 4.39 Å². The van der Waals surface area contributed by atoms with Crippen molar-refractivity contribution in [2.45, 2.75) is 31.2 Å². The molecule has 0 aromatic heterocycles. The van der Waals surface area contributed by atoms with E-state index in [0.29, 0.717) is 39.3 Å². The Labute approximate surface area is 189 Å². The van der Waals surface area contributed by atoms with E-state index in [4.69, 9.17) is 4.74 Å². The smallest absolute Gasteiger partial charge is 0.244 e. The molecule has 2 amide bonds. The molecule has 0 radical (unpaired) electrons. The number of nitrogens with zero attached hydrogens (tertiary/aromatic N) is 2. The number of rotatable bonds is 11. The highest BCUT2D eigenvalue weighted by atomic mass is 32.2. The molecule has 180 valence electrons. The molecular formula is C21H33FN4O5S. The summed E-state index contributed by atoms with van der Waals surface area (Å²) >= 11 is 0. The van der Waals surface area contributed by atoms with Gasteiger partial charge in [-0.15, -0.1) is 0 Å². The minimum absolute atomic E-state index is 0.0846. The molecule has 1 saturated heterocycles. The predicted octanol–water partition coefficient (Wildman–Crippen LogP) is 0.426. The van der Waals surface area contributed by atoms with Gasteiger partial charge in [0.05, 0.1) is 6.54 Å². The van der Waals surface area contributed by atoms with Crippen LogP contribution in [0, 0.1) is 11.7 Å². The van der Waals surface area contributed by atoms with Gasteiger partial charge >= 0.3 is 0 Å². The number of methoxy groups -OCH3 is 1. The summed E-state index contributed by atoms with van der Waals surface area (Å²) in [6.07, 6.45) is 0.740. The largest absolute Gasteiger partial charge is 0.385 e. The third-order valence-electron chi connectivity index (χ3n) is 5.24. The lowest BCUT2D eigenvalue weighted by Crippen LogP contribution is -2.57. The molecule has 2 N–H and O–H groups in total. The molecule has 32 heavy (non-hydrogen) atoms. The molecule has 11 heteroatoms. The SMILES string of the molecule is COCCCNC(=O)CN1CCN(C(=O)[C@@H](NS(=O)(=O)c2ccccc2F)C(C)C)CC1. The highest BCUT2D eigenvalue weighted by Gasteiger charge is 2.34. The molecule has 1 aliphatic heterocycles. The van der Waals surface area contributed by atoms with Crippen molar-refractivity contribution in [2.24, 2.45) is 5.92 Å². The summed E-state index contributed by atoms with van der Waals surface area (Å²) in [5.74, 6) is -1.65. The molecule has 9 nitrogen and oxygen atoms in total. The zero-order chi connectivity index (χ0) is 23.7. The second kappa shape index (κ2) is 12.2. The molecule has 1 aromatic rings. The first kappa shape index (κ1) is 26.2. The van der Waals surface area contributed by atoms with Crippen molar-refractivity contribution < 1.29 is 27.1 Å². The van der Waals surface area contributed by atoms with Gasteiger partial charge in [-0.2, -0.15) is 4.72 Å². The van der Waals surface area contributed by atoms with E-state index in [1.165, 1.54) is 18.2 Å². The summed E-state index contributed by atoms with van der Waals surface area (Å²) in [5.41, 5.74) is 0. The highest BCUT2D eigenvalue weighted by molar-refractivity contribution is 7.89. The van der Waals surface area contributed by atoms with Gasteiger partial charge in [-0.05, 0) is 24.5 Å². The number of sulfonamides is 1. The fourth-order valence-corrected chi connectivity index (χ4v) is 4.81. The van der Waals surface area contributed by atoms with E-state index in [0.717, 1.165) is 12.5 Å². The van der Waals surface area contributed by atoms with Crippen molar-refractivity contribution in [3.8, 4) is 0 Å². The summed E-state index contributed by atoms with van der Waals surface area (Å²) in [7, 11) is -2.59. The number of piperazine rings is 1. The summed E-state index contributed by atoms with van der Waals surface area (Å²) in [6.45, 7) is 6.59. The molecule has 0 saturated carbocycles. The maximum atomic E-state index is 14.0. The highest BCUT2D eigenvalue weighted by Crippen LogP contribution is 2.17. The van der Waals surface area contributed by atoms with Crippen molar-refractivity contribution in [3.05, 3.63) is 30.1 Å². The Bertz CT molecular complexity index is 873. The molecule has 0 aliphatic carbocycles. The average Bonchev–Trinajstić information content (AvgIpc) is 2.75. The average molecular weight is 473 g/mol. The molecule has 1 atom stereocenters. The van der Waals surface area contributed by atoms with E-state index in [-0.39, 0.29) is 24.3 Å². The number of amides is 2. The Morgan fingerprint density at radius 3 is 2.41 bits per heavy atom. The molecule has 1 aliphatic rings. The van der Waals surface area contributed by atoms with Crippen molar-refractivity contribution >= 4 is 21.8 Å². The number of carbonyl (C=O) groups excluding carboxylic acids is 2. The first-order valence-electron chi connectivity index (χ1n) is 10.7. The molecule has 0 unspecified atom stereocenters. The third kappa shape index (κ3) is 7.51. The van der Waals surface area contributed by atoms with Gasteiger partial charge < -0.3 is 15.0 Å². The number of halogens is 1. The third-order valence-corrected chi connectivity index (χ3v) is 6.71. The minimum atomic E-state index is -4.20. The maximum Gasteiger partial charge on any atom is 0.244 e. The molecule has 1 fully saturated rings. The minimum Gasteiger partial charge on any atom is -0.385 e. The van der Waals surface area contributed by atoms with E-state index in [2.05, 4.69) is 10.0 Å². The summed E-state index contributed by atoms with van der Waals surface area (Å²) in [5, 5.41) is 2.83. The summed E-state index contributed by atoms with van der Waals surface area (Å²) in [6, 6.07) is 4.04. The number of hydrogen-bond donors (Lipinski definition) is 2. The lowest BCUT2D eigenvalue weighted by atomic mass is 10.0. The van der Waals surface area contributed by atoms with Crippen LogP contribution in [0.25, 0.3) is 0 Å². The predicted molar refractivity (Wildman–Crippen MR) is 118 cm³/mol. The van der Waals surface area contributed by atoms with Gasteiger partial charge in [0.1, 0.15) is 16.8 Å². The van der Waals surface area contributed by atoms with Crippen LogP contribution >= 0.6 is 0 Å². The van der Waals surface area contributed by atoms with Gasteiger partial charge in [0.2, 0.25) is 21.8 Å². The fourth-order valence-electron chi connectivity index (χ4n) is 3.39. The fraction of sp³-hybridized carbons (Fsp3) is 0.619. The van der Waals surface area contributed by atoms with Crippen LogP contribution in [-0.4, -0.2) is 89.1 Å². The van der Waals surface area contributed by atoms with Crippen LogP contribution in [0.5, 0.6) is 0 Å². The van der Waals surface area contributed by atoms with Gasteiger partial charge in [-0.3, -0.25) is 14.5 Å². The van der Waals surface area contributed by atoms with Gasteiger partial charge in [0.15, 0.2) is 0 Å². The quantitative estimate of drug-likeness (QED) is 0.452. The van der Waals surface area contributed by atoms with Crippen molar-refractivity contribution in [3.63, 3.8) is 0 Å². The Kier molecular flexibility index (Phi) is 10.0. The van der Waals surface area contributed by atoms with Crippen LogP contribution in [0.1, 0.15) is 20.3 Å². The van der Waals surface area contributed by atoms with Crippen molar-refractivity contribution in [1.29, 1.82) is 0 Å². The van der Waals surface area contributed by atoms with E-state index in [1.807, 2.05) is 4.90 Å². The normalized spacial score (nSPS) is 16.2. The number of carbonyl (C=O) groups is 2. The van der Waals surface area contributed by atoms with Gasteiger partial charge in [-0.1, -0.05) is 26.0 Å². The second-order valence-corrected chi connectivity index (χ2v) is 9.75. The van der Waals surface area contributed by atoms with Crippen LogP contribution in [-0.2, 0) is 24.3 Å². The zero-order valence-electron chi connectivity index (χ0n) is 18.8. The molecule has 0 spiro atoms. The van der Waals surface area contributed by atoms with Gasteiger partial charge in [0, 0.05) is 46.4 Å². The van der Waals surface area contributed by atoms with Crippen molar-refractivity contribution in [2.75, 3.05) is 53.0 Å². The molecular weight excluding hydrogens is 439 g/mol. The molecule has 1 aromatic carbocycles.